The second-order valence-electron chi connectivity index (χ2n) is 7.18. The first-order valence-corrected chi connectivity index (χ1v) is 11.3. The Kier molecular flexibility index (Phi) is 11.0. The number of nitrogens with one attached hydrogen (secondary N) is 2. The molecule has 0 atom stereocenters. The number of para-hydroxylation sites is 2. The molecule has 0 aliphatic heterocycles. The minimum absolute atomic E-state index is 0.000406. The Morgan fingerprint density at radius 2 is 1.71 bits per heavy atom. The molecule has 8 nitrogen and oxygen atoms in total. The van der Waals surface area contributed by atoms with E-state index in [-0.39, 0.29) is 18.1 Å². The highest BCUT2D eigenvalue weighted by atomic mass is 16.5. The van der Waals surface area contributed by atoms with Gasteiger partial charge in [0, 0.05) is 6.54 Å². The molecule has 2 aromatic rings. The van der Waals surface area contributed by atoms with Crippen LogP contribution >= 0.6 is 0 Å². The Bertz CT molecular complexity index is 1040. The third-order valence-electron chi connectivity index (χ3n) is 4.58. The number of rotatable bonds is 13. The molecule has 0 fully saturated rings. The summed E-state index contributed by atoms with van der Waals surface area (Å²) < 4.78 is 16.8. The van der Waals surface area contributed by atoms with Gasteiger partial charge in [0.2, 0.25) is 0 Å². The van der Waals surface area contributed by atoms with Gasteiger partial charge in [0.15, 0.2) is 18.1 Å². The topological polar surface area (TPSA) is 110 Å². The van der Waals surface area contributed by atoms with Crippen LogP contribution in [0.5, 0.6) is 17.2 Å². The summed E-state index contributed by atoms with van der Waals surface area (Å²) in [6.45, 7) is 6.85. The fourth-order valence-corrected chi connectivity index (χ4v) is 2.97. The summed E-state index contributed by atoms with van der Waals surface area (Å²) in [5, 5.41) is 14.9. The van der Waals surface area contributed by atoms with E-state index in [9.17, 15) is 14.9 Å². The van der Waals surface area contributed by atoms with E-state index in [0.29, 0.717) is 48.3 Å². The van der Waals surface area contributed by atoms with Crippen LogP contribution in [0.3, 0.4) is 0 Å². The van der Waals surface area contributed by atoms with E-state index in [1.54, 1.807) is 36.4 Å². The number of hydrogen-bond acceptors (Lipinski definition) is 6. The monoisotopic (exact) mass is 465 g/mol. The van der Waals surface area contributed by atoms with Gasteiger partial charge in [0.05, 0.1) is 18.9 Å². The first kappa shape index (κ1) is 26.3. The van der Waals surface area contributed by atoms with Crippen LogP contribution in [0.15, 0.2) is 48.0 Å². The van der Waals surface area contributed by atoms with Crippen molar-refractivity contribution in [2.45, 2.75) is 33.6 Å². The highest BCUT2D eigenvalue weighted by Crippen LogP contribution is 2.30. The van der Waals surface area contributed by atoms with Crippen LogP contribution in [0, 0.1) is 11.3 Å². The zero-order valence-electron chi connectivity index (χ0n) is 19.8. The second kappa shape index (κ2) is 14.2. The number of anilines is 1. The van der Waals surface area contributed by atoms with Crippen molar-refractivity contribution in [2.75, 3.05) is 31.7 Å². The molecular weight excluding hydrogens is 434 g/mol. The van der Waals surface area contributed by atoms with E-state index in [1.165, 1.54) is 6.08 Å². The van der Waals surface area contributed by atoms with Crippen molar-refractivity contribution in [2.24, 2.45) is 0 Å². The number of benzene rings is 2. The third-order valence-corrected chi connectivity index (χ3v) is 4.58. The predicted molar refractivity (Wildman–Crippen MR) is 131 cm³/mol. The number of unbranched alkanes of at least 4 members (excludes halogenated alkanes) is 1. The number of carbonyl (C=O) groups is 2. The lowest BCUT2D eigenvalue weighted by molar-refractivity contribution is -0.118. The molecule has 2 aromatic carbocycles. The van der Waals surface area contributed by atoms with Gasteiger partial charge in [-0.3, -0.25) is 9.59 Å². The molecule has 0 aliphatic rings. The van der Waals surface area contributed by atoms with Crippen LogP contribution in [-0.4, -0.2) is 38.2 Å². The minimum atomic E-state index is -0.418. The molecule has 34 heavy (non-hydrogen) atoms. The van der Waals surface area contributed by atoms with Gasteiger partial charge in [-0.1, -0.05) is 31.5 Å². The van der Waals surface area contributed by atoms with Crippen LogP contribution in [0.4, 0.5) is 5.69 Å². The van der Waals surface area contributed by atoms with Crippen LogP contribution in [0.2, 0.25) is 0 Å². The molecule has 0 heterocycles. The Morgan fingerprint density at radius 3 is 2.41 bits per heavy atom. The molecule has 0 radical (unpaired) electrons. The van der Waals surface area contributed by atoms with Crippen molar-refractivity contribution in [1.82, 2.24) is 5.32 Å². The summed E-state index contributed by atoms with van der Waals surface area (Å²) >= 11 is 0. The van der Waals surface area contributed by atoms with Gasteiger partial charge in [-0.15, -0.1) is 0 Å². The lowest BCUT2D eigenvalue weighted by Crippen LogP contribution is -2.25. The largest absolute Gasteiger partial charge is 0.492 e. The molecule has 2 rings (SSSR count). The van der Waals surface area contributed by atoms with Crippen molar-refractivity contribution in [3.8, 4) is 23.3 Å². The zero-order chi connectivity index (χ0) is 24.8. The van der Waals surface area contributed by atoms with Crippen LogP contribution in [0.1, 0.15) is 39.2 Å². The molecule has 2 N–H and O–H groups in total. The maximum absolute atomic E-state index is 12.4. The summed E-state index contributed by atoms with van der Waals surface area (Å²) in [4.78, 5) is 24.6. The predicted octanol–water partition coefficient (Wildman–Crippen LogP) is 4.32. The molecule has 0 aliphatic carbocycles. The fraction of sp³-hybridized carbons (Fsp3) is 0.346. The van der Waals surface area contributed by atoms with Gasteiger partial charge in [-0.2, -0.15) is 5.26 Å². The number of nitrogens with zero attached hydrogens (tertiary/aromatic N) is 1. The lowest BCUT2D eigenvalue weighted by Gasteiger charge is -2.14. The van der Waals surface area contributed by atoms with E-state index in [2.05, 4.69) is 10.6 Å². The van der Waals surface area contributed by atoms with Crippen LogP contribution in [-0.2, 0) is 9.59 Å². The van der Waals surface area contributed by atoms with E-state index >= 15 is 0 Å². The zero-order valence-corrected chi connectivity index (χ0v) is 19.8. The smallest absolute Gasteiger partial charge is 0.262 e. The maximum Gasteiger partial charge on any atom is 0.262 e. The summed E-state index contributed by atoms with van der Waals surface area (Å²) in [5.74, 6) is 0.587. The molecule has 0 saturated heterocycles. The molecule has 0 spiro atoms. The maximum atomic E-state index is 12.4. The van der Waals surface area contributed by atoms with Crippen LogP contribution < -0.4 is 24.8 Å². The van der Waals surface area contributed by atoms with E-state index in [1.807, 2.05) is 32.9 Å². The highest BCUT2D eigenvalue weighted by Gasteiger charge is 2.13. The molecular formula is C26H31N3O5. The van der Waals surface area contributed by atoms with Crippen molar-refractivity contribution in [1.29, 1.82) is 5.26 Å². The lowest BCUT2D eigenvalue weighted by atomic mass is 10.1. The Balaban J connectivity index is 2.09. The number of carbonyl (C=O) groups excluding carboxylic acids is 2. The average molecular weight is 466 g/mol. The molecule has 0 unspecified atom stereocenters. The number of ether oxygens (including phenoxy) is 3. The third kappa shape index (κ3) is 8.17. The van der Waals surface area contributed by atoms with Gasteiger partial charge in [-0.05, 0) is 56.2 Å². The normalized spacial score (nSPS) is 10.7. The Morgan fingerprint density at radius 1 is 0.971 bits per heavy atom. The first-order valence-electron chi connectivity index (χ1n) is 11.3. The molecule has 0 saturated carbocycles. The van der Waals surface area contributed by atoms with Gasteiger partial charge in [0.1, 0.15) is 17.4 Å². The average Bonchev–Trinajstić information content (AvgIpc) is 2.83. The molecule has 0 aromatic heterocycles. The van der Waals surface area contributed by atoms with E-state index in [0.717, 1.165) is 12.8 Å². The fourth-order valence-electron chi connectivity index (χ4n) is 2.97. The number of amides is 2. The highest BCUT2D eigenvalue weighted by molar-refractivity contribution is 6.01. The van der Waals surface area contributed by atoms with Crippen molar-refractivity contribution in [3.63, 3.8) is 0 Å². The van der Waals surface area contributed by atoms with Gasteiger partial charge in [-0.25, -0.2) is 0 Å². The van der Waals surface area contributed by atoms with Gasteiger partial charge in [0.25, 0.3) is 11.8 Å². The quantitative estimate of drug-likeness (QED) is 0.259. The standard InChI is InChI=1S/C26H31N3O5/c1-4-7-14-28-26(31)20(17-27)15-19-12-13-23(24(16-19)33-6-3)34-18-25(30)29-21-10-8-9-11-22(21)32-5-2/h8-13,15-16H,4-7,14,18H2,1-3H3,(H,28,31)(H,29,30)/b20-15+. The van der Waals surface area contributed by atoms with Crippen LogP contribution in [0.25, 0.3) is 6.08 Å². The minimum Gasteiger partial charge on any atom is -0.492 e. The molecule has 2 amide bonds. The Labute approximate surface area is 200 Å². The van der Waals surface area contributed by atoms with Crippen molar-refractivity contribution < 1.29 is 23.8 Å². The first-order chi connectivity index (χ1) is 16.5. The molecule has 8 heteroatoms. The number of hydrogen-bond donors (Lipinski definition) is 2. The van der Waals surface area contributed by atoms with Gasteiger partial charge >= 0.3 is 0 Å². The summed E-state index contributed by atoms with van der Waals surface area (Å²) in [6.07, 6.45) is 3.28. The molecule has 180 valence electrons. The number of nitriles is 1. The summed E-state index contributed by atoms with van der Waals surface area (Å²) in [5.41, 5.74) is 1.16. The summed E-state index contributed by atoms with van der Waals surface area (Å²) in [6, 6.07) is 14.1. The van der Waals surface area contributed by atoms with E-state index < -0.39 is 5.91 Å². The summed E-state index contributed by atoms with van der Waals surface area (Å²) in [7, 11) is 0. The Hall–Kier alpha value is -3.99. The van der Waals surface area contributed by atoms with E-state index in [4.69, 9.17) is 14.2 Å². The molecule has 0 bridgehead atoms. The second-order valence-corrected chi connectivity index (χ2v) is 7.18. The SMILES string of the molecule is CCCCNC(=O)/C(C#N)=C/c1ccc(OCC(=O)Nc2ccccc2OCC)c(OCC)c1. The van der Waals surface area contributed by atoms with Crippen molar-refractivity contribution in [3.05, 3.63) is 53.6 Å². The van der Waals surface area contributed by atoms with Gasteiger partial charge < -0.3 is 24.8 Å². The van der Waals surface area contributed by atoms with Crippen molar-refractivity contribution >= 4 is 23.6 Å².